The van der Waals surface area contributed by atoms with Gasteiger partial charge >= 0.3 is 0 Å². The van der Waals surface area contributed by atoms with Crippen LogP contribution in [0.15, 0.2) is 218 Å². The Balaban J connectivity index is 1.02. The second kappa shape index (κ2) is 16.4. The number of nitrogens with zero attached hydrogens (tertiary/aromatic N) is 5. The monoisotopic (exact) mass is 835 g/mol. The first kappa shape index (κ1) is 39.6. The Labute approximate surface area is 380 Å². The lowest BCUT2D eigenvalue weighted by Crippen LogP contribution is -2.31. The van der Waals surface area contributed by atoms with Crippen molar-refractivity contribution >= 4 is 17.1 Å². The molecule has 0 saturated heterocycles. The average molecular weight is 836 g/mol. The van der Waals surface area contributed by atoms with Gasteiger partial charge in [-0.25, -0.2) is 19.9 Å². The first-order chi connectivity index (χ1) is 31.9. The van der Waals surface area contributed by atoms with Crippen molar-refractivity contribution in [2.75, 3.05) is 4.90 Å². The molecule has 8 aromatic carbocycles. The standard InChI is InChI=1S/C60H45N5/c1-40-48(54-39-52(42-22-10-5-11-23-42)62-59(64-54)44-26-14-7-15-27-44)30-19-33-55(40)65-56-32-17-16-31-49(56)60(2,3)50-37-46(34-35-57(50)65)45-28-18-29-47(36-45)53-38-51(41-20-8-4-9-21-41)61-58(63-53)43-24-12-6-13-25-43/h4-39H,1-3H3. The maximum atomic E-state index is 5.24. The van der Waals surface area contributed by atoms with E-state index in [-0.39, 0.29) is 5.41 Å². The molecule has 11 rings (SSSR count). The highest BCUT2D eigenvalue weighted by atomic mass is 15.2. The number of rotatable bonds is 8. The number of aromatic nitrogens is 4. The third-order valence-electron chi connectivity index (χ3n) is 12.7. The maximum Gasteiger partial charge on any atom is 0.160 e. The van der Waals surface area contributed by atoms with Crippen molar-refractivity contribution in [2.45, 2.75) is 26.2 Å². The number of hydrogen-bond donors (Lipinski definition) is 0. The number of hydrogen-bond acceptors (Lipinski definition) is 5. The van der Waals surface area contributed by atoms with E-state index in [1.807, 2.05) is 48.5 Å². The normalized spacial score (nSPS) is 12.6. The van der Waals surface area contributed by atoms with Crippen LogP contribution in [0.25, 0.3) is 78.9 Å². The lowest BCUT2D eigenvalue weighted by molar-refractivity contribution is 0.632. The molecule has 0 spiro atoms. The fourth-order valence-electron chi connectivity index (χ4n) is 9.27. The minimum atomic E-state index is -0.286. The molecular weight excluding hydrogens is 791 g/mol. The minimum absolute atomic E-state index is 0.286. The first-order valence-electron chi connectivity index (χ1n) is 22.1. The maximum absolute atomic E-state index is 5.24. The van der Waals surface area contributed by atoms with Gasteiger partial charge in [-0.05, 0) is 77.2 Å². The lowest BCUT2D eigenvalue weighted by Gasteiger charge is -2.43. The van der Waals surface area contributed by atoms with Gasteiger partial charge in [0.05, 0.1) is 34.2 Å². The summed E-state index contributed by atoms with van der Waals surface area (Å²) in [4.78, 5) is 22.9. The van der Waals surface area contributed by atoms with Gasteiger partial charge in [0.2, 0.25) is 0 Å². The van der Waals surface area contributed by atoms with Crippen molar-refractivity contribution in [2.24, 2.45) is 0 Å². The molecule has 65 heavy (non-hydrogen) atoms. The first-order valence-corrected chi connectivity index (χ1v) is 22.1. The minimum Gasteiger partial charge on any atom is -0.310 e. The molecule has 0 fully saturated rings. The molecular formula is C60H45N5. The van der Waals surface area contributed by atoms with Crippen molar-refractivity contribution in [3.8, 4) is 78.9 Å². The summed E-state index contributed by atoms with van der Waals surface area (Å²) in [6, 6.07) is 76.5. The van der Waals surface area contributed by atoms with E-state index in [1.165, 1.54) is 16.8 Å². The van der Waals surface area contributed by atoms with Gasteiger partial charge in [-0.2, -0.15) is 0 Å². The molecule has 5 nitrogen and oxygen atoms in total. The summed E-state index contributed by atoms with van der Waals surface area (Å²) in [5.41, 5.74) is 18.8. The van der Waals surface area contributed by atoms with E-state index in [1.54, 1.807) is 0 Å². The molecule has 0 atom stereocenters. The molecule has 1 aliphatic heterocycles. The van der Waals surface area contributed by atoms with Gasteiger partial charge in [-0.3, -0.25) is 0 Å². The molecule has 2 aromatic heterocycles. The summed E-state index contributed by atoms with van der Waals surface area (Å²) in [6.45, 7) is 6.91. The van der Waals surface area contributed by atoms with E-state index in [2.05, 4.69) is 196 Å². The molecule has 310 valence electrons. The van der Waals surface area contributed by atoms with Gasteiger partial charge in [-0.1, -0.05) is 190 Å². The Morgan fingerprint density at radius 1 is 0.323 bits per heavy atom. The molecule has 1 aliphatic rings. The van der Waals surface area contributed by atoms with Gasteiger partial charge in [-0.15, -0.1) is 0 Å². The van der Waals surface area contributed by atoms with Gasteiger partial charge in [0.1, 0.15) is 0 Å². The molecule has 0 unspecified atom stereocenters. The Hall–Kier alpha value is -8.28. The zero-order chi connectivity index (χ0) is 43.9. The third-order valence-corrected chi connectivity index (χ3v) is 12.7. The van der Waals surface area contributed by atoms with Crippen molar-refractivity contribution in [1.29, 1.82) is 0 Å². The van der Waals surface area contributed by atoms with Crippen molar-refractivity contribution in [3.63, 3.8) is 0 Å². The summed E-state index contributed by atoms with van der Waals surface area (Å²) in [5, 5.41) is 0. The topological polar surface area (TPSA) is 54.8 Å². The van der Waals surface area contributed by atoms with E-state index in [9.17, 15) is 0 Å². The van der Waals surface area contributed by atoms with Crippen molar-refractivity contribution in [1.82, 2.24) is 19.9 Å². The zero-order valence-corrected chi connectivity index (χ0v) is 36.5. The van der Waals surface area contributed by atoms with Crippen LogP contribution in [0.3, 0.4) is 0 Å². The van der Waals surface area contributed by atoms with Gasteiger partial charge < -0.3 is 4.90 Å². The SMILES string of the molecule is Cc1c(-c2cc(-c3ccccc3)nc(-c3ccccc3)n2)cccc1N1c2ccccc2C(C)(C)c2cc(-c3cccc(-c4cc(-c5ccccc5)nc(-c5ccccc5)n4)c3)ccc21. The van der Waals surface area contributed by atoms with E-state index in [4.69, 9.17) is 19.9 Å². The van der Waals surface area contributed by atoms with E-state index >= 15 is 0 Å². The predicted octanol–water partition coefficient (Wildman–Crippen LogP) is 15.4. The Bertz CT molecular complexity index is 3230. The second-order valence-corrected chi connectivity index (χ2v) is 17.1. The van der Waals surface area contributed by atoms with Crippen molar-refractivity contribution in [3.05, 3.63) is 235 Å². The summed E-state index contributed by atoms with van der Waals surface area (Å²) in [7, 11) is 0. The van der Waals surface area contributed by atoms with E-state index in [0.717, 1.165) is 84.2 Å². The van der Waals surface area contributed by atoms with Crippen LogP contribution in [-0.4, -0.2) is 19.9 Å². The fraction of sp³-hybridized carbons (Fsp3) is 0.0667. The molecule has 10 aromatic rings. The highest BCUT2D eigenvalue weighted by Crippen LogP contribution is 2.53. The quantitative estimate of drug-likeness (QED) is 0.153. The molecule has 0 bridgehead atoms. The number of anilines is 3. The summed E-state index contributed by atoms with van der Waals surface area (Å²) >= 11 is 0. The van der Waals surface area contributed by atoms with Gasteiger partial charge in [0.15, 0.2) is 11.6 Å². The summed E-state index contributed by atoms with van der Waals surface area (Å²) in [5.74, 6) is 1.40. The molecule has 0 saturated carbocycles. The van der Waals surface area contributed by atoms with Crippen LogP contribution >= 0.6 is 0 Å². The molecule has 3 heterocycles. The Kier molecular flexibility index (Phi) is 10.0. The van der Waals surface area contributed by atoms with Gasteiger partial charge in [0.25, 0.3) is 0 Å². The smallest absolute Gasteiger partial charge is 0.160 e. The predicted molar refractivity (Wildman–Crippen MR) is 267 cm³/mol. The Morgan fingerprint density at radius 3 is 1.37 bits per heavy atom. The van der Waals surface area contributed by atoms with Crippen LogP contribution < -0.4 is 4.90 Å². The van der Waals surface area contributed by atoms with Crippen LogP contribution in [0.1, 0.15) is 30.5 Å². The number of para-hydroxylation sites is 1. The highest BCUT2D eigenvalue weighted by molar-refractivity contribution is 5.91. The van der Waals surface area contributed by atoms with Crippen LogP contribution in [0.5, 0.6) is 0 Å². The third kappa shape index (κ3) is 7.37. The van der Waals surface area contributed by atoms with Gasteiger partial charge in [0, 0.05) is 44.5 Å². The molecule has 0 N–H and O–H groups in total. The molecule has 0 amide bonds. The van der Waals surface area contributed by atoms with Crippen molar-refractivity contribution < 1.29 is 0 Å². The highest BCUT2D eigenvalue weighted by Gasteiger charge is 2.37. The van der Waals surface area contributed by atoms with Crippen LogP contribution in [0, 0.1) is 6.92 Å². The molecule has 0 aliphatic carbocycles. The van der Waals surface area contributed by atoms with Crippen LogP contribution in [0.4, 0.5) is 17.1 Å². The second-order valence-electron chi connectivity index (χ2n) is 17.1. The summed E-state index contributed by atoms with van der Waals surface area (Å²) < 4.78 is 0. The average Bonchev–Trinajstić information content (AvgIpc) is 3.37. The summed E-state index contributed by atoms with van der Waals surface area (Å²) in [6.07, 6.45) is 0. The number of benzene rings is 8. The fourth-order valence-corrected chi connectivity index (χ4v) is 9.27. The van der Waals surface area contributed by atoms with Crippen LogP contribution in [-0.2, 0) is 5.41 Å². The Morgan fingerprint density at radius 2 is 0.754 bits per heavy atom. The largest absolute Gasteiger partial charge is 0.310 e. The lowest BCUT2D eigenvalue weighted by atomic mass is 9.72. The molecule has 0 radical (unpaired) electrons. The zero-order valence-electron chi connectivity index (χ0n) is 36.5. The van der Waals surface area contributed by atoms with E-state index < -0.39 is 0 Å². The van der Waals surface area contributed by atoms with Crippen LogP contribution in [0.2, 0.25) is 0 Å². The molecule has 5 heteroatoms. The van der Waals surface area contributed by atoms with E-state index in [0.29, 0.717) is 11.6 Å². The number of fused-ring (bicyclic) bond motifs is 2.